The van der Waals surface area contributed by atoms with Crippen LogP contribution in [0.5, 0.6) is 0 Å². The van der Waals surface area contributed by atoms with E-state index in [-0.39, 0.29) is 5.60 Å². The van der Waals surface area contributed by atoms with Crippen LogP contribution in [0.25, 0.3) is 0 Å². The highest BCUT2D eigenvalue weighted by Crippen LogP contribution is 2.28. The second-order valence-corrected chi connectivity index (χ2v) is 5.81. The van der Waals surface area contributed by atoms with E-state index < -0.39 is 0 Å². The second kappa shape index (κ2) is 5.99. The number of ether oxygens (including phenoxy) is 2. The summed E-state index contributed by atoms with van der Waals surface area (Å²) in [6, 6.07) is 0. The van der Waals surface area contributed by atoms with Gasteiger partial charge in [-0.05, 0) is 45.1 Å². The minimum absolute atomic E-state index is 0.0103. The summed E-state index contributed by atoms with van der Waals surface area (Å²) in [5, 5.41) is 3.55. The van der Waals surface area contributed by atoms with Crippen LogP contribution >= 0.6 is 0 Å². The molecule has 1 saturated heterocycles. The van der Waals surface area contributed by atoms with Crippen LogP contribution in [0.15, 0.2) is 0 Å². The Balaban J connectivity index is 2.15. The van der Waals surface area contributed by atoms with Gasteiger partial charge in [-0.15, -0.1) is 0 Å². The highest BCUT2D eigenvalue weighted by molar-refractivity contribution is 4.80. The summed E-state index contributed by atoms with van der Waals surface area (Å²) in [6.45, 7) is 10.6. The number of nitrogens with one attached hydrogen (secondary N) is 1. The zero-order valence-electron chi connectivity index (χ0n) is 11.3. The second-order valence-electron chi connectivity index (χ2n) is 5.81. The Kier molecular flexibility index (Phi) is 5.22. The molecule has 1 rings (SSSR count). The SMILES string of the molecule is COC(C)(C)CCNCC1(C)CCOCC1. The molecule has 1 aliphatic rings. The van der Waals surface area contributed by atoms with Crippen molar-refractivity contribution in [1.29, 1.82) is 0 Å². The molecule has 1 aliphatic heterocycles. The van der Waals surface area contributed by atoms with Crippen molar-refractivity contribution in [3.8, 4) is 0 Å². The quantitative estimate of drug-likeness (QED) is 0.708. The van der Waals surface area contributed by atoms with Crippen LogP contribution in [0.2, 0.25) is 0 Å². The summed E-state index contributed by atoms with van der Waals surface area (Å²) in [7, 11) is 1.78. The van der Waals surface area contributed by atoms with Crippen molar-refractivity contribution in [2.24, 2.45) is 5.41 Å². The predicted octanol–water partition coefficient (Wildman–Crippen LogP) is 2.21. The van der Waals surface area contributed by atoms with Crippen molar-refractivity contribution in [3.05, 3.63) is 0 Å². The Labute approximate surface area is 99.9 Å². The Bertz CT molecular complexity index is 198. The first kappa shape index (κ1) is 13.9. The summed E-state index contributed by atoms with van der Waals surface area (Å²) >= 11 is 0. The Hall–Kier alpha value is -0.120. The van der Waals surface area contributed by atoms with Crippen LogP contribution in [0, 0.1) is 5.41 Å². The molecule has 0 aromatic heterocycles. The standard InChI is InChI=1S/C13H27NO2/c1-12(2,15-4)5-8-14-11-13(3)6-9-16-10-7-13/h14H,5-11H2,1-4H3. The average Bonchev–Trinajstić information content (AvgIpc) is 2.26. The first-order valence-electron chi connectivity index (χ1n) is 6.31. The van der Waals surface area contributed by atoms with E-state index in [4.69, 9.17) is 9.47 Å². The zero-order valence-corrected chi connectivity index (χ0v) is 11.3. The lowest BCUT2D eigenvalue weighted by Gasteiger charge is -2.34. The molecule has 3 nitrogen and oxygen atoms in total. The fraction of sp³-hybridized carbons (Fsp3) is 1.00. The van der Waals surface area contributed by atoms with Crippen molar-refractivity contribution in [2.75, 3.05) is 33.4 Å². The third-order valence-corrected chi connectivity index (χ3v) is 3.71. The van der Waals surface area contributed by atoms with Crippen LogP contribution in [-0.2, 0) is 9.47 Å². The third kappa shape index (κ3) is 4.81. The van der Waals surface area contributed by atoms with Gasteiger partial charge in [-0.1, -0.05) is 6.92 Å². The number of methoxy groups -OCH3 is 1. The van der Waals surface area contributed by atoms with Crippen LogP contribution in [0.3, 0.4) is 0 Å². The normalized spacial score (nSPS) is 21.0. The van der Waals surface area contributed by atoms with Crippen molar-refractivity contribution in [3.63, 3.8) is 0 Å². The minimum atomic E-state index is -0.0103. The van der Waals surface area contributed by atoms with E-state index in [9.17, 15) is 0 Å². The van der Waals surface area contributed by atoms with Crippen LogP contribution in [-0.4, -0.2) is 39.0 Å². The molecule has 0 unspecified atom stereocenters. The molecule has 0 radical (unpaired) electrons. The third-order valence-electron chi connectivity index (χ3n) is 3.71. The van der Waals surface area contributed by atoms with E-state index in [1.54, 1.807) is 7.11 Å². The van der Waals surface area contributed by atoms with E-state index in [2.05, 4.69) is 26.1 Å². The van der Waals surface area contributed by atoms with Gasteiger partial charge in [-0.3, -0.25) is 0 Å². The van der Waals surface area contributed by atoms with Crippen LogP contribution in [0.1, 0.15) is 40.0 Å². The molecule has 1 heterocycles. The number of hydrogen-bond acceptors (Lipinski definition) is 3. The largest absolute Gasteiger partial charge is 0.381 e. The van der Waals surface area contributed by atoms with E-state index in [1.807, 2.05) is 0 Å². The molecule has 0 bridgehead atoms. The number of rotatable bonds is 6. The Morgan fingerprint density at radius 1 is 1.31 bits per heavy atom. The van der Waals surface area contributed by atoms with Gasteiger partial charge in [0.25, 0.3) is 0 Å². The zero-order chi connectivity index (χ0) is 12.1. The topological polar surface area (TPSA) is 30.5 Å². The molecule has 0 aromatic rings. The molecule has 0 spiro atoms. The molecule has 96 valence electrons. The summed E-state index contributed by atoms with van der Waals surface area (Å²) in [5.41, 5.74) is 0.416. The summed E-state index contributed by atoms with van der Waals surface area (Å²) in [4.78, 5) is 0. The Morgan fingerprint density at radius 3 is 2.50 bits per heavy atom. The lowest BCUT2D eigenvalue weighted by Crippen LogP contribution is -2.38. The lowest BCUT2D eigenvalue weighted by atomic mass is 9.82. The first-order chi connectivity index (χ1) is 7.47. The summed E-state index contributed by atoms with van der Waals surface area (Å²) < 4.78 is 10.8. The maximum atomic E-state index is 5.40. The average molecular weight is 229 g/mol. The molecule has 0 aromatic carbocycles. The van der Waals surface area contributed by atoms with Gasteiger partial charge in [0.15, 0.2) is 0 Å². The van der Waals surface area contributed by atoms with Crippen molar-refractivity contribution >= 4 is 0 Å². The minimum Gasteiger partial charge on any atom is -0.381 e. The van der Waals surface area contributed by atoms with Gasteiger partial charge in [0.1, 0.15) is 0 Å². The highest BCUT2D eigenvalue weighted by atomic mass is 16.5. The Morgan fingerprint density at radius 2 is 1.94 bits per heavy atom. The molecule has 1 fully saturated rings. The molecule has 1 N–H and O–H groups in total. The summed E-state index contributed by atoms with van der Waals surface area (Å²) in [5.74, 6) is 0. The van der Waals surface area contributed by atoms with Gasteiger partial charge in [0.05, 0.1) is 5.60 Å². The molecule has 3 heteroatoms. The monoisotopic (exact) mass is 229 g/mol. The molecule has 0 saturated carbocycles. The van der Waals surface area contributed by atoms with Crippen molar-refractivity contribution in [2.45, 2.75) is 45.6 Å². The van der Waals surface area contributed by atoms with E-state index in [0.717, 1.165) is 32.7 Å². The van der Waals surface area contributed by atoms with Gasteiger partial charge in [0.2, 0.25) is 0 Å². The smallest absolute Gasteiger partial charge is 0.0634 e. The molecular formula is C13H27NO2. The van der Waals surface area contributed by atoms with Gasteiger partial charge in [-0.2, -0.15) is 0 Å². The maximum absolute atomic E-state index is 5.40. The van der Waals surface area contributed by atoms with Gasteiger partial charge >= 0.3 is 0 Å². The highest BCUT2D eigenvalue weighted by Gasteiger charge is 2.27. The van der Waals surface area contributed by atoms with Gasteiger partial charge in [-0.25, -0.2) is 0 Å². The van der Waals surface area contributed by atoms with Crippen molar-refractivity contribution in [1.82, 2.24) is 5.32 Å². The lowest BCUT2D eigenvalue weighted by molar-refractivity contribution is 0.0104. The predicted molar refractivity (Wildman–Crippen MR) is 66.7 cm³/mol. The molecule has 0 atom stereocenters. The first-order valence-corrected chi connectivity index (χ1v) is 6.31. The van der Waals surface area contributed by atoms with E-state index in [1.165, 1.54) is 12.8 Å². The van der Waals surface area contributed by atoms with Crippen molar-refractivity contribution < 1.29 is 9.47 Å². The van der Waals surface area contributed by atoms with E-state index >= 15 is 0 Å². The maximum Gasteiger partial charge on any atom is 0.0634 e. The van der Waals surface area contributed by atoms with Gasteiger partial charge < -0.3 is 14.8 Å². The molecule has 0 amide bonds. The summed E-state index contributed by atoms with van der Waals surface area (Å²) in [6.07, 6.45) is 3.40. The fourth-order valence-corrected chi connectivity index (χ4v) is 1.92. The number of hydrogen-bond donors (Lipinski definition) is 1. The molecular weight excluding hydrogens is 202 g/mol. The molecule has 16 heavy (non-hydrogen) atoms. The fourth-order valence-electron chi connectivity index (χ4n) is 1.92. The van der Waals surface area contributed by atoms with Gasteiger partial charge in [0, 0.05) is 26.9 Å². The van der Waals surface area contributed by atoms with Crippen LogP contribution < -0.4 is 5.32 Å². The van der Waals surface area contributed by atoms with Crippen LogP contribution in [0.4, 0.5) is 0 Å². The molecule has 0 aliphatic carbocycles. The van der Waals surface area contributed by atoms with E-state index in [0.29, 0.717) is 5.41 Å².